The van der Waals surface area contributed by atoms with Gasteiger partial charge in [0.05, 0.1) is 5.69 Å². The first-order valence-electron chi connectivity index (χ1n) is 7.49. The Labute approximate surface area is 138 Å². The van der Waals surface area contributed by atoms with Gasteiger partial charge in [-0.05, 0) is 25.1 Å². The summed E-state index contributed by atoms with van der Waals surface area (Å²) in [5, 5.41) is 10.6. The van der Waals surface area contributed by atoms with Crippen LogP contribution in [0.1, 0.15) is 18.4 Å². The van der Waals surface area contributed by atoms with Crippen molar-refractivity contribution in [3.8, 4) is 5.75 Å². The Morgan fingerprint density at radius 1 is 1.22 bits per heavy atom. The molecule has 0 radical (unpaired) electrons. The van der Waals surface area contributed by atoms with Crippen molar-refractivity contribution < 1.29 is 14.6 Å². The number of carboxylic acids is 1. The summed E-state index contributed by atoms with van der Waals surface area (Å²) in [5.41, 5.74) is 1.82. The smallest absolute Gasteiger partial charge is 0.319 e. The lowest BCUT2D eigenvalue weighted by Gasteiger charge is -2.20. The van der Waals surface area contributed by atoms with Gasteiger partial charge in [-0.15, -0.1) is 0 Å². The first kappa shape index (κ1) is 14.2. The second kappa shape index (κ2) is 5.35. The van der Waals surface area contributed by atoms with Gasteiger partial charge in [0.2, 0.25) is 0 Å². The number of carboxylic acid groups (broad SMARTS) is 1. The van der Waals surface area contributed by atoms with E-state index in [1.807, 2.05) is 42.5 Å². The van der Waals surface area contributed by atoms with Crippen molar-refractivity contribution in [1.29, 1.82) is 0 Å². The largest absolute Gasteiger partial charge is 0.480 e. The molecule has 1 N–H and O–H groups in total. The van der Waals surface area contributed by atoms with Crippen molar-refractivity contribution in [3.05, 3.63) is 64.9 Å². The van der Waals surface area contributed by atoms with Crippen LogP contribution in [0.3, 0.4) is 0 Å². The monoisotopic (exact) mass is 325 g/mol. The maximum Gasteiger partial charge on any atom is 0.319 e. The highest BCUT2D eigenvalue weighted by molar-refractivity contribution is 8.03. The molecule has 23 heavy (non-hydrogen) atoms. The van der Waals surface area contributed by atoms with E-state index in [-0.39, 0.29) is 0 Å². The van der Waals surface area contributed by atoms with Crippen LogP contribution in [0.15, 0.2) is 64.2 Å². The van der Waals surface area contributed by atoms with E-state index in [0.29, 0.717) is 11.5 Å². The van der Waals surface area contributed by atoms with Crippen molar-refractivity contribution >= 4 is 23.4 Å². The van der Waals surface area contributed by atoms with Gasteiger partial charge in [-0.3, -0.25) is 4.79 Å². The third-order valence-corrected chi connectivity index (χ3v) is 5.27. The number of hydrogen-bond acceptors (Lipinski definition) is 4. The van der Waals surface area contributed by atoms with Gasteiger partial charge >= 0.3 is 5.97 Å². The molecule has 0 aliphatic carbocycles. The summed E-state index contributed by atoms with van der Waals surface area (Å²) in [6, 6.07) is 15.4. The van der Waals surface area contributed by atoms with Crippen LogP contribution in [0.5, 0.6) is 5.75 Å². The number of ether oxygens (including phenoxy) is 1. The standard InChI is InChI=1S/C18H15NO3S/c1-2-19-12-8-4-6-10-14(12)23-17(19)16-15(18(20)21)11-7-3-5-9-13(11)22-16/h3-10,15H,2H2,1H3,(H,20,21). The number of benzene rings is 2. The van der Waals surface area contributed by atoms with E-state index in [1.54, 1.807) is 11.8 Å². The molecule has 4 rings (SSSR count). The molecule has 1 unspecified atom stereocenters. The molecule has 2 aliphatic heterocycles. The van der Waals surface area contributed by atoms with Crippen molar-refractivity contribution in [3.63, 3.8) is 0 Å². The molecule has 2 aromatic carbocycles. The van der Waals surface area contributed by atoms with Crippen LogP contribution in [0.25, 0.3) is 0 Å². The molecule has 2 aromatic rings. The number of aliphatic carboxylic acids is 1. The molecule has 0 saturated heterocycles. The molecule has 0 spiro atoms. The molecule has 5 heteroatoms. The number of thioether (sulfide) groups is 1. The van der Waals surface area contributed by atoms with E-state index in [1.165, 1.54) is 0 Å². The average Bonchev–Trinajstić information content (AvgIpc) is 3.12. The molecule has 0 saturated carbocycles. The third kappa shape index (κ3) is 2.11. The molecule has 0 amide bonds. The van der Waals surface area contributed by atoms with Gasteiger partial charge in [-0.25, -0.2) is 0 Å². The van der Waals surface area contributed by atoms with Gasteiger partial charge < -0.3 is 14.7 Å². The minimum Gasteiger partial charge on any atom is -0.480 e. The number of carbonyl (C=O) groups is 1. The fourth-order valence-corrected chi connectivity index (χ4v) is 4.31. The fourth-order valence-electron chi connectivity index (χ4n) is 3.08. The van der Waals surface area contributed by atoms with Gasteiger partial charge in [-0.2, -0.15) is 0 Å². The van der Waals surface area contributed by atoms with Crippen molar-refractivity contribution in [2.24, 2.45) is 0 Å². The lowest BCUT2D eigenvalue weighted by molar-refractivity contribution is -0.138. The van der Waals surface area contributed by atoms with Crippen LogP contribution < -0.4 is 9.64 Å². The van der Waals surface area contributed by atoms with Crippen LogP contribution >= 0.6 is 11.8 Å². The van der Waals surface area contributed by atoms with E-state index in [4.69, 9.17) is 4.74 Å². The number of anilines is 1. The lowest BCUT2D eigenvalue weighted by Crippen LogP contribution is -2.22. The summed E-state index contributed by atoms with van der Waals surface area (Å²) in [7, 11) is 0. The summed E-state index contributed by atoms with van der Waals surface area (Å²) < 4.78 is 5.96. The summed E-state index contributed by atoms with van der Waals surface area (Å²) in [4.78, 5) is 15.1. The van der Waals surface area contributed by atoms with Gasteiger partial charge in [0, 0.05) is 17.0 Å². The predicted octanol–water partition coefficient (Wildman–Crippen LogP) is 4.05. The highest BCUT2D eigenvalue weighted by atomic mass is 32.2. The zero-order valence-corrected chi connectivity index (χ0v) is 13.3. The number of rotatable bonds is 2. The Kier molecular flexibility index (Phi) is 3.31. The highest BCUT2D eigenvalue weighted by Gasteiger charge is 2.41. The topological polar surface area (TPSA) is 49.8 Å². The molecule has 2 heterocycles. The Bertz CT molecular complexity index is 831. The molecule has 4 nitrogen and oxygen atoms in total. The van der Waals surface area contributed by atoms with Crippen LogP contribution in [0, 0.1) is 0 Å². The summed E-state index contributed by atoms with van der Waals surface area (Å²) in [5.74, 6) is -0.487. The van der Waals surface area contributed by atoms with E-state index in [2.05, 4.69) is 17.9 Å². The van der Waals surface area contributed by atoms with E-state index >= 15 is 0 Å². The van der Waals surface area contributed by atoms with Crippen molar-refractivity contribution in [1.82, 2.24) is 0 Å². The van der Waals surface area contributed by atoms with E-state index < -0.39 is 11.9 Å². The summed E-state index contributed by atoms with van der Waals surface area (Å²) in [6.45, 7) is 2.82. The minimum absolute atomic E-state index is 0.516. The zero-order chi connectivity index (χ0) is 16.0. The molecule has 0 bridgehead atoms. The van der Waals surface area contributed by atoms with Gasteiger partial charge in [0.1, 0.15) is 16.7 Å². The molecular weight excluding hydrogens is 310 g/mol. The number of hydrogen-bond donors (Lipinski definition) is 1. The fraction of sp³-hybridized carbons (Fsp3) is 0.167. The maximum atomic E-state index is 11.9. The number of para-hydroxylation sites is 2. The number of fused-ring (bicyclic) bond motifs is 2. The zero-order valence-electron chi connectivity index (χ0n) is 12.5. The van der Waals surface area contributed by atoms with Gasteiger partial charge in [0.25, 0.3) is 0 Å². The minimum atomic E-state index is -0.884. The predicted molar refractivity (Wildman–Crippen MR) is 89.8 cm³/mol. The Balaban J connectivity index is 1.87. The van der Waals surface area contributed by atoms with Gasteiger partial charge in [-0.1, -0.05) is 42.1 Å². The van der Waals surface area contributed by atoms with Crippen LogP contribution in [0.2, 0.25) is 0 Å². The molecule has 0 aromatic heterocycles. The lowest BCUT2D eigenvalue weighted by atomic mass is 9.99. The quantitative estimate of drug-likeness (QED) is 0.903. The van der Waals surface area contributed by atoms with Gasteiger partial charge in [0.15, 0.2) is 5.76 Å². The third-order valence-electron chi connectivity index (χ3n) is 4.09. The molecule has 1 atom stereocenters. The molecule has 2 aliphatic rings. The Hall–Kier alpha value is -2.40. The maximum absolute atomic E-state index is 11.9. The second-order valence-corrected chi connectivity index (χ2v) is 6.43. The highest BCUT2D eigenvalue weighted by Crippen LogP contribution is 2.52. The van der Waals surface area contributed by atoms with Crippen molar-refractivity contribution in [2.75, 3.05) is 11.4 Å². The number of nitrogens with zero attached hydrogens (tertiary/aromatic N) is 1. The normalized spacial score (nSPS) is 21.8. The molecular formula is C18H15NO3S. The van der Waals surface area contributed by atoms with E-state index in [0.717, 1.165) is 27.7 Å². The molecule has 0 fully saturated rings. The van der Waals surface area contributed by atoms with Crippen LogP contribution in [0.4, 0.5) is 5.69 Å². The first-order chi connectivity index (χ1) is 11.2. The Morgan fingerprint density at radius 3 is 2.74 bits per heavy atom. The molecule has 116 valence electrons. The second-order valence-electron chi connectivity index (χ2n) is 5.39. The Morgan fingerprint density at radius 2 is 1.96 bits per heavy atom. The SMILES string of the molecule is CCN1C(=C2Oc3ccccc3C2C(=O)O)Sc2ccccc21. The van der Waals surface area contributed by atoms with Crippen LogP contribution in [-0.4, -0.2) is 17.6 Å². The first-order valence-corrected chi connectivity index (χ1v) is 8.30. The average molecular weight is 325 g/mol. The van der Waals surface area contributed by atoms with Crippen molar-refractivity contribution in [2.45, 2.75) is 17.7 Å². The van der Waals surface area contributed by atoms with E-state index in [9.17, 15) is 9.90 Å². The summed E-state index contributed by atoms with van der Waals surface area (Å²) in [6.07, 6.45) is 0. The van der Waals surface area contributed by atoms with Crippen LogP contribution in [-0.2, 0) is 4.79 Å². The summed E-state index contributed by atoms with van der Waals surface area (Å²) >= 11 is 1.58.